The predicted molar refractivity (Wildman–Crippen MR) is 153 cm³/mol. The monoisotopic (exact) mass is 599 g/mol. The highest BCUT2D eigenvalue weighted by Crippen LogP contribution is 2.39. The van der Waals surface area contributed by atoms with Crippen LogP contribution in [-0.4, -0.2) is 82.3 Å². The van der Waals surface area contributed by atoms with Crippen molar-refractivity contribution in [3.05, 3.63) is 35.5 Å². The lowest BCUT2D eigenvalue weighted by Crippen LogP contribution is -2.60. The number of benzene rings is 1. The molecular weight excluding hydrogens is 558 g/mol. The zero-order valence-electron chi connectivity index (χ0n) is 25.8. The predicted octanol–water partition coefficient (Wildman–Crippen LogP) is 3.29. The summed E-state index contributed by atoms with van der Waals surface area (Å²) in [6.07, 6.45) is 1.16. The first-order valence-electron chi connectivity index (χ1n) is 14.5. The number of hydrogen-bond acceptors (Lipinski definition) is 11. The number of carbonyl (C=O) groups is 4. The second-order valence-corrected chi connectivity index (χ2v) is 12.2. The number of ether oxygens (including phenoxy) is 3. The van der Waals surface area contributed by atoms with Crippen LogP contribution in [0.5, 0.6) is 11.5 Å². The summed E-state index contributed by atoms with van der Waals surface area (Å²) in [4.78, 5) is 56.4. The van der Waals surface area contributed by atoms with Gasteiger partial charge in [-0.05, 0) is 56.2 Å². The minimum atomic E-state index is -1.29. The van der Waals surface area contributed by atoms with Crippen LogP contribution in [0.25, 0.3) is 0 Å². The minimum Gasteiger partial charge on any atom is -0.469 e. The highest BCUT2D eigenvalue weighted by atomic mass is 16.7. The lowest BCUT2D eigenvalue weighted by Gasteiger charge is -2.37. The third kappa shape index (κ3) is 6.36. The molecule has 0 spiro atoms. The van der Waals surface area contributed by atoms with Crippen molar-refractivity contribution in [2.45, 2.75) is 84.3 Å². The van der Waals surface area contributed by atoms with E-state index in [1.807, 2.05) is 26.0 Å². The molecule has 0 radical (unpaired) electrons. The van der Waals surface area contributed by atoms with Crippen molar-refractivity contribution in [1.29, 1.82) is 0 Å². The van der Waals surface area contributed by atoms with Crippen molar-refractivity contribution < 1.29 is 37.8 Å². The molecule has 1 fully saturated rings. The first-order valence-corrected chi connectivity index (χ1v) is 14.5. The fraction of sp³-hybridized carbons (Fsp3) is 0.600. The molecule has 2 aromatic rings. The van der Waals surface area contributed by atoms with Gasteiger partial charge in [0.05, 0.1) is 25.0 Å². The molecule has 4 rings (SSSR count). The van der Waals surface area contributed by atoms with Gasteiger partial charge in [-0.1, -0.05) is 33.8 Å². The van der Waals surface area contributed by atoms with E-state index in [0.717, 1.165) is 10.5 Å². The van der Waals surface area contributed by atoms with Crippen LogP contribution in [0.4, 0.5) is 4.79 Å². The number of nitrogens with two attached hydrogens (primary N) is 1. The summed E-state index contributed by atoms with van der Waals surface area (Å²) < 4.78 is 21.7. The fourth-order valence-electron chi connectivity index (χ4n) is 5.34. The number of fused-ring (bicyclic) bond motifs is 1. The van der Waals surface area contributed by atoms with Crippen LogP contribution in [0, 0.1) is 11.8 Å². The van der Waals surface area contributed by atoms with Crippen molar-refractivity contribution in [3.8, 4) is 11.5 Å². The van der Waals surface area contributed by atoms with Crippen LogP contribution in [-0.2, 0) is 19.7 Å². The molecule has 1 aromatic heterocycles. The Morgan fingerprint density at radius 1 is 1.09 bits per heavy atom. The van der Waals surface area contributed by atoms with Gasteiger partial charge >= 0.3 is 12.0 Å². The van der Waals surface area contributed by atoms with Crippen molar-refractivity contribution in [2.24, 2.45) is 17.6 Å². The molecule has 2 N–H and O–H groups in total. The van der Waals surface area contributed by atoms with Gasteiger partial charge in [0, 0.05) is 12.6 Å². The number of ketones is 1. The molecule has 13 nitrogen and oxygen atoms in total. The van der Waals surface area contributed by atoms with E-state index in [1.165, 1.54) is 12.0 Å². The number of rotatable bonds is 10. The van der Waals surface area contributed by atoms with Crippen LogP contribution >= 0.6 is 0 Å². The van der Waals surface area contributed by atoms with Gasteiger partial charge in [-0.2, -0.15) is 0 Å². The van der Waals surface area contributed by atoms with Crippen molar-refractivity contribution in [1.82, 2.24) is 20.0 Å². The topological polar surface area (TPSA) is 167 Å². The van der Waals surface area contributed by atoms with E-state index in [4.69, 9.17) is 24.4 Å². The highest BCUT2D eigenvalue weighted by Gasteiger charge is 2.46. The lowest BCUT2D eigenvalue weighted by atomic mass is 9.84. The zero-order valence-corrected chi connectivity index (χ0v) is 25.8. The SMILES string of the molecule is COC(=O)C[C@@H]1CCCN1C(=O)N(C(=O)[C@@H](N)C(C)C)[C@H](C(=O)c1nnc(C(C)(C)c2ccc3c(c2)OCO3)o1)C(C)C. The number of hydrogen-bond donors (Lipinski definition) is 1. The Labute approximate surface area is 251 Å². The molecule has 3 amide bonds. The Bertz CT molecular complexity index is 1370. The molecule has 2 aliphatic heterocycles. The van der Waals surface area contributed by atoms with Crippen LogP contribution in [0.15, 0.2) is 22.6 Å². The van der Waals surface area contributed by atoms with E-state index in [-0.39, 0.29) is 30.9 Å². The zero-order chi connectivity index (χ0) is 31.6. The van der Waals surface area contributed by atoms with Gasteiger partial charge in [-0.15, -0.1) is 10.2 Å². The second-order valence-electron chi connectivity index (χ2n) is 12.2. The first kappa shape index (κ1) is 31.9. The normalized spacial score (nSPS) is 17.7. The minimum absolute atomic E-state index is 0.0250. The summed E-state index contributed by atoms with van der Waals surface area (Å²) in [6, 6.07) is 1.94. The van der Waals surface area contributed by atoms with Crippen LogP contribution in [0.1, 0.15) is 82.9 Å². The molecule has 234 valence electrons. The molecule has 2 aliphatic rings. The van der Waals surface area contributed by atoms with E-state index in [2.05, 4.69) is 10.2 Å². The largest absolute Gasteiger partial charge is 0.469 e. The average Bonchev–Trinajstić information content (AvgIpc) is 3.74. The molecule has 1 saturated heterocycles. The first-order chi connectivity index (χ1) is 20.3. The van der Waals surface area contributed by atoms with Crippen LogP contribution in [0.2, 0.25) is 0 Å². The number of imide groups is 1. The van der Waals surface area contributed by atoms with E-state index in [1.54, 1.807) is 33.8 Å². The Morgan fingerprint density at radius 2 is 1.79 bits per heavy atom. The quantitative estimate of drug-likeness (QED) is 0.314. The van der Waals surface area contributed by atoms with Crippen molar-refractivity contribution in [2.75, 3.05) is 20.4 Å². The number of methoxy groups -OCH3 is 1. The number of likely N-dealkylation sites (tertiary alicyclic amines) is 1. The Balaban J connectivity index is 1.68. The van der Waals surface area contributed by atoms with Crippen molar-refractivity contribution in [3.63, 3.8) is 0 Å². The van der Waals surface area contributed by atoms with Gasteiger partial charge in [0.1, 0.15) is 6.04 Å². The molecule has 0 unspecified atom stereocenters. The number of nitrogens with zero attached hydrogens (tertiary/aromatic N) is 4. The van der Waals surface area contributed by atoms with Gasteiger partial charge < -0.3 is 29.3 Å². The highest BCUT2D eigenvalue weighted by molar-refractivity contribution is 6.06. The summed E-state index contributed by atoms with van der Waals surface area (Å²) in [5.74, 6) is -1.65. The molecule has 1 aromatic carbocycles. The maximum atomic E-state index is 14.1. The van der Waals surface area contributed by atoms with Gasteiger partial charge in [-0.3, -0.25) is 19.3 Å². The third-order valence-corrected chi connectivity index (χ3v) is 8.14. The maximum absolute atomic E-state index is 14.1. The number of amides is 3. The van der Waals surface area contributed by atoms with Gasteiger partial charge in [-0.25, -0.2) is 4.79 Å². The Kier molecular flexibility index (Phi) is 9.43. The van der Waals surface area contributed by atoms with Crippen LogP contribution < -0.4 is 15.2 Å². The molecule has 0 aliphatic carbocycles. The van der Waals surface area contributed by atoms with Crippen molar-refractivity contribution >= 4 is 23.7 Å². The van der Waals surface area contributed by atoms with Crippen LogP contribution in [0.3, 0.4) is 0 Å². The number of urea groups is 1. The molecule has 13 heteroatoms. The molecule has 3 atom stereocenters. The molecular formula is C30H41N5O8. The molecule has 0 saturated carbocycles. The average molecular weight is 600 g/mol. The summed E-state index contributed by atoms with van der Waals surface area (Å²) in [5.41, 5.74) is 6.23. The Hall–Kier alpha value is -4.00. The van der Waals surface area contributed by atoms with E-state index < -0.39 is 53.1 Å². The molecule has 43 heavy (non-hydrogen) atoms. The Morgan fingerprint density at radius 3 is 2.44 bits per heavy atom. The summed E-state index contributed by atoms with van der Waals surface area (Å²) in [6.45, 7) is 11.1. The maximum Gasteiger partial charge on any atom is 0.327 e. The van der Waals surface area contributed by atoms with E-state index in [9.17, 15) is 19.2 Å². The summed E-state index contributed by atoms with van der Waals surface area (Å²) in [5, 5.41) is 8.23. The number of aromatic nitrogens is 2. The standard InChI is InChI=1S/C30H41N5O8/c1-16(2)23(31)27(38)35(29(39)34-12-8-9-19(34)14-22(36)40-7)24(17(3)4)25(37)26-32-33-28(43-26)30(5,6)18-10-11-20-21(13-18)42-15-41-20/h10-11,13,16-17,19,23-24H,8-9,12,14-15,31H2,1-7H3/t19-,23-,24-/m0/s1. The van der Waals surface area contributed by atoms with Gasteiger partial charge in [0.2, 0.25) is 24.4 Å². The molecule has 0 bridgehead atoms. The number of Topliss-reactive ketones (excluding diaryl/α,β-unsaturated/α-hetero) is 1. The second kappa shape index (κ2) is 12.7. The summed E-state index contributed by atoms with van der Waals surface area (Å²) >= 11 is 0. The van der Waals surface area contributed by atoms with E-state index >= 15 is 0 Å². The van der Waals surface area contributed by atoms with Gasteiger partial charge in [0.25, 0.3) is 5.89 Å². The smallest absolute Gasteiger partial charge is 0.327 e. The molecule has 3 heterocycles. The number of esters is 1. The fourth-order valence-corrected chi connectivity index (χ4v) is 5.34. The van der Waals surface area contributed by atoms with E-state index in [0.29, 0.717) is 30.9 Å². The summed E-state index contributed by atoms with van der Waals surface area (Å²) in [7, 11) is 1.28. The number of carbonyl (C=O) groups excluding carboxylic acids is 4. The third-order valence-electron chi connectivity index (χ3n) is 8.14. The van der Waals surface area contributed by atoms with Gasteiger partial charge in [0.15, 0.2) is 11.5 Å². The lowest BCUT2D eigenvalue weighted by molar-refractivity contribution is -0.141.